The number of cyclic esters (lactones) is 2. The number of hydrogen-bond acceptors (Lipinski definition) is 32. The number of likely N-dealkylation sites (N-methyl/N-ethyl adjacent to an activating group) is 1. The Morgan fingerprint density at radius 3 is 2.25 bits per heavy atom. The number of ether oxygens (including phenoxy) is 7. The molecule has 12 bridgehead atoms. The van der Waals surface area contributed by atoms with Crippen LogP contribution in [0.4, 0.5) is 4.79 Å². The van der Waals surface area contributed by atoms with Gasteiger partial charge in [0.15, 0.2) is 18.1 Å². The maximum Gasteiger partial charge on any atom is 0.358 e. The van der Waals surface area contributed by atoms with Crippen LogP contribution >= 0.6 is 56.7 Å². The zero-order valence-electron chi connectivity index (χ0n) is 59.2. The standard InChI is InChI=1S/C68H76N16O19S5/c1-29(20-70-67(94)69-12-13-83-14-16-98-17-15-83)71-55(87)38-26-107-63(76-38)49-43(86)18-34-48(78-49)37-24-105-61(73-37)36-23-101-65(92)51-35-22-99-52(53(103-44-19-68(5,95)54(82(6)7)32(4)102-44)66(93)100-21-33-10-9-11-42(45(33)35)84(51)96)50(64-77-39(27-108-64)56(88)72-36)81-58(90)41-28-106-62(75-41)47(31(3)97-8)80-59(91)46(30(2)85)79-57(89)40-25-104-60(34)74-40/h9-11,18,24-30,32,36,44,46,50,52-54,85-86,95-96H,12-17,19-23H2,1-8H3,(H,71,87)(H,72,88)(H,79,89)(H,80,91)(H,81,90)(H2,69,70,94)/b47-31+. The summed E-state index contributed by atoms with van der Waals surface area (Å²) in [6.45, 7) is 9.87. The molecule has 108 heavy (non-hydrogen) atoms. The van der Waals surface area contributed by atoms with E-state index in [1.165, 1.54) is 54.6 Å². The number of pyridine rings is 1. The van der Waals surface area contributed by atoms with Crippen molar-refractivity contribution in [3.63, 3.8) is 0 Å². The molecule has 0 aliphatic carbocycles. The third kappa shape index (κ3) is 16.3. The monoisotopic (exact) mass is 1580 g/mol. The van der Waals surface area contributed by atoms with E-state index in [0.29, 0.717) is 36.6 Å². The Morgan fingerprint density at radius 1 is 0.824 bits per heavy atom. The number of nitrogens with one attached hydrogen (secondary N) is 7. The second kappa shape index (κ2) is 32.3. The van der Waals surface area contributed by atoms with Gasteiger partial charge >= 0.3 is 18.0 Å². The summed E-state index contributed by atoms with van der Waals surface area (Å²) in [6.07, 6.45) is -7.55. The summed E-state index contributed by atoms with van der Waals surface area (Å²) < 4.78 is 43.8. The number of urea groups is 1. The molecular formula is C68H76N16O19S5. The Hall–Kier alpha value is -9.56. The average molecular weight is 1580 g/mol. The van der Waals surface area contributed by atoms with E-state index >= 15 is 19.2 Å². The lowest BCUT2D eigenvalue weighted by Gasteiger charge is -2.48. The molecule has 2 fully saturated rings. The number of hydrogen-bond donors (Lipinski definition) is 11. The number of amides is 7. The van der Waals surface area contributed by atoms with E-state index in [0.717, 1.165) is 69.8 Å². The van der Waals surface area contributed by atoms with Crippen LogP contribution in [0.3, 0.4) is 0 Å². The van der Waals surface area contributed by atoms with Crippen molar-refractivity contribution in [2.24, 2.45) is 0 Å². The number of allylic oxidation sites excluding steroid dienone is 1. The Balaban J connectivity index is 0.914. The van der Waals surface area contributed by atoms with E-state index in [2.05, 4.69) is 57.1 Å². The fraction of sp³-hybridized carbons (Fsp3) is 0.441. The number of nitrogens with zero attached hydrogens (tertiary/aromatic N) is 9. The second-order valence-corrected chi connectivity index (χ2v) is 30.8. The first-order valence-corrected chi connectivity index (χ1v) is 38.4. The van der Waals surface area contributed by atoms with Gasteiger partial charge in [-0.05, 0) is 66.4 Å². The number of benzene rings is 1. The Labute approximate surface area is 635 Å². The highest BCUT2D eigenvalue weighted by Crippen LogP contribution is 2.43. The van der Waals surface area contributed by atoms with Crippen molar-refractivity contribution >= 4 is 121 Å². The molecule has 11 unspecified atom stereocenters. The van der Waals surface area contributed by atoms with Gasteiger partial charge in [-0.2, -0.15) is 4.73 Å². The van der Waals surface area contributed by atoms with Crippen LogP contribution in [0.1, 0.15) is 132 Å². The average Bonchev–Trinajstić information content (AvgIpc) is 1.58. The number of aromatic nitrogens is 7. The zero-order chi connectivity index (χ0) is 76.6. The lowest BCUT2D eigenvalue weighted by Crippen LogP contribution is -2.62. The second-order valence-electron chi connectivity index (χ2n) is 26.5. The fourth-order valence-electron chi connectivity index (χ4n) is 13.3. The van der Waals surface area contributed by atoms with Gasteiger partial charge in [-0.15, -0.1) is 56.7 Å². The van der Waals surface area contributed by atoms with E-state index in [1.54, 1.807) is 57.3 Å². The highest BCUT2D eigenvalue weighted by Gasteiger charge is 2.50. The summed E-state index contributed by atoms with van der Waals surface area (Å²) in [4.78, 5) is 148. The van der Waals surface area contributed by atoms with Crippen molar-refractivity contribution < 1.29 is 92.0 Å². The number of esters is 2. The lowest BCUT2D eigenvalue weighted by molar-refractivity contribution is -0.280. The molecule has 7 amide bonds. The van der Waals surface area contributed by atoms with Crippen molar-refractivity contribution in [3.05, 3.63) is 112 Å². The van der Waals surface area contributed by atoms with Gasteiger partial charge in [0.2, 0.25) is 5.91 Å². The van der Waals surface area contributed by atoms with Crippen molar-refractivity contribution in [3.8, 4) is 38.4 Å². The van der Waals surface area contributed by atoms with Gasteiger partial charge in [0.05, 0.1) is 56.3 Å². The number of aliphatic hydroxyl groups excluding tert-OH is 1. The molecule has 0 radical (unpaired) electrons. The molecule has 572 valence electrons. The quantitative estimate of drug-likeness (QED) is 0.0443. The highest BCUT2D eigenvalue weighted by molar-refractivity contribution is 7.14. The smallest absolute Gasteiger partial charge is 0.358 e. The molecule has 0 spiro atoms. The number of aliphatic hydroxyl groups is 2. The van der Waals surface area contributed by atoms with Gasteiger partial charge in [0.1, 0.15) is 120 Å². The topological polar surface area (TPSA) is 455 Å². The van der Waals surface area contributed by atoms with Crippen LogP contribution in [0.5, 0.6) is 5.75 Å². The third-order valence-electron chi connectivity index (χ3n) is 18.5. The van der Waals surface area contributed by atoms with Gasteiger partial charge < -0.3 is 95.8 Å². The SMILES string of the molecule is CO/C(C)=C1/NC(=O)C(C(C)O)NC(=O)c2csc(n2)-c2cc(O)c(-c3nc(C(=O)NC(C)CNC(=O)NCCN4CCOCC4)cs3)nc2-c2csc(n2)C2COC(=O)c3c4c5c(cccc5n3O)COC(=O)C(OC3CC(C)(O)C(N(C)C)C(C)O3)C(OC4)C(NC(=O)c3csc1n3)c1nc(cs1)C(=O)N2. The first-order chi connectivity index (χ1) is 51.7. The van der Waals surface area contributed by atoms with Crippen LogP contribution < -0.4 is 37.2 Å². The summed E-state index contributed by atoms with van der Waals surface area (Å²) in [5, 5.41) is 74.3. The summed E-state index contributed by atoms with van der Waals surface area (Å²) >= 11 is 4.61. The molecular weight excluding hydrogens is 1510 g/mol. The molecule has 13 rings (SSSR count). The first kappa shape index (κ1) is 76.6. The number of thiazole rings is 5. The molecule has 8 aromatic rings. The molecule has 11 atom stereocenters. The summed E-state index contributed by atoms with van der Waals surface area (Å²) in [5.74, 6) is -6.93. The minimum Gasteiger partial charge on any atom is -0.506 e. The van der Waals surface area contributed by atoms with Crippen LogP contribution in [0.15, 0.2) is 56.9 Å². The number of carbonyl (C=O) groups excluding carboxylic acids is 8. The van der Waals surface area contributed by atoms with Crippen LogP contribution in [-0.2, 0) is 56.0 Å². The Morgan fingerprint density at radius 2 is 1.51 bits per heavy atom. The lowest BCUT2D eigenvalue weighted by atomic mass is 9.85. The van der Waals surface area contributed by atoms with Crippen molar-refractivity contribution in [1.82, 2.24) is 81.7 Å². The number of fused-ring (bicyclic) bond motifs is 15. The predicted molar refractivity (Wildman–Crippen MR) is 390 cm³/mol. The number of methoxy groups -OCH3 is 1. The third-order valence-corrected chi connectivity index (χ3v) is 23.0. The maximum atomic E-state index is 15.2. The van der Waals surface area contributed by atoms with E-state index < -0.39 is 145 Å². The van der Waals surface area contributed by atoms with Crippen LogP contribution in [0, 0.1) is 0 Å². The summed E-state index contributed by atoms with van der Waals surface area (Å²) in [7, 11) is 4.85. The van der Waals surface area contributed by atoms with Crippen molar-refractivity contribution in [2.45, 2.75) is 121 Å². The van der Waals surface area contributed by atoms with Crippen LogP contribution in [-0.4, -0.2) is 241 Å². The molecule has 11 N–H and O–H groups in total. The van der Waals surface area contributed by atoms with Crippen molar-refractivity contribution in [1.29, 1.82) is 0 Å². The molecule has 40 heteroatoms. The summed E-state index contributed by atoms with van der Waals surface area (Å²) in [6, 6.07) is -0.272. The number of rotatable bonds is 13. The number of aromatic hydroxyl groups is 1. The molecule has 2 saturated heterocycles. The molecule has 5 aliphatic rings. The normalized spacial score (nSPS) is 24.2. The van der Waals surface area contributed by atoms with E-state index in [1.807, 2.05) is 0 Å². The Kier molecular flexibility index (Phi) is 22.9. The minimum atomic E-state index is -1.92. The first-order valence-electron chi connectivity index (χ1n) is 34.0. The maximum absolute atomic E-state index is 15.2. The summed E-state index contributed by atoms with van der Waals surface area (Å²) in [5.41, 5.74) is -2.51. The van der Waals surface area contributed by atoms with E-state index in [9.17, 15) is 39.7 Å². The van der Waals surface area contributed by atoms with E-state index in [-0.39, 0.29) is 111 Å². The van der Waals surface area contributed by atoms with Gasteiger partial charge in [-0.25, -0.2) is 44.3 Å². The predicted octanol–water partition coefficient (Wildman–Crippen LogP) is 3.91. The van der Waals surface area contributed by atoms with E-state index in [4.69, 9.17) is 48.1 Å². The molecule has 35 nitrogen and oxygen atoms in total. The zero-order valence-corrected chi connectivity index (χ0v) is 63.3. The molecule has 12 heterocycles. The van der Waals surface area contributed by atoms with Gasteiger partial charge in [-0.1, -0.05) is 12.1 Å². The molecule has 0 saturated carbocycles. The minimum absolute atomic E-state index is 0.00358. The number of morpholine rings is 1. The van der Waals surface area contributed by atoms with Crippen LogP contribution in [0.25, 0.3) is 49.3 Å². The van der Waals surface area contributed by atoms with Crippen LogP contribution in [0.2, 0.25) is 0 Å². The van der Waals surface area contributed by atoms with Gasteiger partial charge in [-0.3, -0.25) is 28.9 Å². The van der Waals surface area contributed by atoms with Gasteiger partial charge in [0, 0.05) is 88.6 Å². The molecule has 7 aromatic heterocycles. The number of carbonyl (C=O) groups is 8. The van der Waals surface area contributed by atoms with Gasteiger partial charge in [0.25, 0.3) is 23.6 Å². The largest absolute Gasteiger partial charge is 0.506 e. The fourth-order valence-corrected chi connectivity index (χ4v) is 17.5. The molecule has 1 aromatic carbocycles. The molecule has 5 aliphatic heterocycles. The van der Waals surface area contributed by atoms with Crippen molar-refractivity contribution in [2.75, 3.05) is 73.7 Å². The highest BCUT2D eigenvalue weighted by atomic mass is 32.1. The Bertz CT molecular complexity index is 4810.